The Kier molecular flexibility index (Phi) is 3.43. The van der Waals surface area contributed by atoms with Gasteiger partial charge in [-0.2, -0.15) is 0 Å². The zero-order valence-electron chi connectivity index (χ0n) is 9.22. The lowest BCUT2D eigenvalue weighted by atomic mass is 10.2. The molecule has 0 aliphatic heterocycles. The lowest BCUT2D eigenvalue weighted by Gasteiger charge is -2.03. The van der Waals surface area contributed by atoms with Gasteiger partial charge in [0.2, 0.25) is 5.95 Å². The minimum Gasteiger partial charge on any atom is -0.354 e. The largest absolute Gasteiger partial charge is 0.354 e. The number of aromatic nitrogens is 3. The van der Waals surface area contributed by atoms with Gasteiger partial charge in [-0.05, 0) is 25.1 Å². The van der Waals surface area contributed by atoms with E-state index in [1.165, 1.54) is 0 Å². The van der Waals surface area contributed by atoms with E-state index < -0.39 is 0 Å². The first-order valence-electron chi connectivity index (χ1n) is 5.34. The van der Waals surface area contributed by atoms with Gasteiger partial charge >= 0.3 is 0 Å². The molecule has 0 bridgehead atoms. The predicted octanol–water partition coefficient (Wildman–Crippen LogP) is 1.89. The first-order valence-corrected chi connectivity index (χ1v) is 5.34. The molecular formula is C12H14N4. The molecule has 2 rings (SSSR count). The van der Waals surface area contributed by atoms with Crippen LogP contribution < -0.4 is 5.32 Å². The molecule has 2 heterocycles. The summed E-state index contributed by atoms with van der Waals surface area (Å²) in [6.07, 6.45) is 4.30. The number of hydrogen-bond acceptors (Lipinski definition) is 4. The molecule has 4 nitrogen and oxygen atoms in total. The minimum atomic E-state index is 0.677. The molecule has 0 aliphatic carbocycles. The Hall–Kier alpha value is -1.97. The molecule has 0 spiro atoms. The summed E-state index contributed by atoms with van der Waals surface area (Å²) >= 11 is 0. The van der Waals surface area contributed by atoms with Crippen LogP contribution in [0.15, 0.2) is 36.7 Å². The Balaban J connectivity index is 2.12. The quantitative estimate of drug-likeness (QED) is 0.844. The molecule has 0 saturated heterocycles. The molecule has 4 heteroatoms. The van der Waals surface area contributed by atoms with E-state index in [1.54, 1.807) is 12.4 Å². The summed E-state index contributed by atoms with van der Waals surface area (Å²) in [7, 11) is 0. The van der Waals surface area contributed by atoms with Gasteiger partial charge in [-0.15, -0.1) is 0 Å². The Labute approximate surface area is 94.8 Å². The first-order chi connectivity index (χ1) is 7.88. The number of nitrogens with one attached hydrogen (secondary N) is 1. The zero-order chi connectivity index (χ0) is 11.2. The molecule has 82 valence electrons. The third-order valence-electron chi connectivity index (χ3n) is 2.14. The van der Waals surface area contributed by atoms with Crippen molar-refractivity contribution < 1.29 is 0 Å². The van der Waals surface area contributed by atoms with Crippen LogP contribution in [0, 0.1) is 0 Å². The molecule has 1 N–H and O–H groups in total. The SMILES string of the molecule is CCNc1nccc(Cc2ccccn2)n1. The first kappa shape index (κ1) is 10.5. The lowest BCUT2D eigenvalue weighted by Crippen LogP contribution is -2.04. The Morgan fingerprint density at radius 2 is 2.00 bits per heavy atom. The highest BCUT2D eigenvalue weighted by atomic mass is 15.1. The standard InChI is InChI=1S/C12H14N4/c1-2-13-12-15-8-6-11(16-12)9-10-5-3-4-7-14-10/h3-8H,2,9H2,1H3,(H,13,15,16). The van der Waals surface area contributed by atoms with E-state index in [2.05, 4.69) is 20.3 Å². The highest BCUT2D eigenvalue weighted by Gasteiger charge is 2.00. The second-order valence-corrected chi connectivity index (χ2v) is 3.40. The lowest BCUT2D eigenvalue weighted by molar-refractivity contribution is 0.976. The topological polar surface area (TPSA) is 50.7 Å². The molecule has 0 amide bonds. The van der Waals surface area contributed by atoms with Crippen molar-refractivity contribution in [1.82, 2.24) is 15.0 Å². The summed E-state index contributed by atoms with van der Waals surface area (Å²) in [5, 5.41) is 3.09. The number of rotatable bonds is 4. The van der Waals surface area contributed by atoms with Gasteiger partial charge in [-0.25, -0.2) is 9.97 Å². The van der Waals surface area contributed by atoms with Crippen molar-refractivity contribution in [2.24, 2.45) is 0 Å². The molecule has 2 aromatic rings. The van der Waals surface area contributed by atoms with Gasteiger partial charge in [-0.3, -0.25) is 4.98 Å². The van der Waals surface area contributed by atoms with Crippen molar-refractivity contribution in [2.45, 2.75) is 13.3 Å². The zero-order valence-corrected chi connectivity index (χ0v) is 9.22. The number of hydrogen-bond donors (Lipinski definition) is 1. The molecule has 0 aromatic carbocycles. The van der Waals surface area contributed by atoms with Gasteiger partial charge in [0.15, 0.2) is 0 Å². The Morgan fingerprint density at radius 3 is 2.75 bits per heavy atom. The van der Waals surface area contributed by atoms with Crippen LogP contribution in [0.5, 0.6) is 0 Å². The van der Waals surface area contributed by atoms with Gasteiger partial charge in [0.1, 0.15) is 0 Å². The van der Waals surface area contributed by atoms with Crippen molar-refractivity contribution in [3.63, 3.8) is 0 Å². The minimum absolute atomic E-state index is 0.677. The van der Waals surface area contributed by atoms with Crippen molar-refractivity contribution in [3.05, 3.63) is 48.0 Å². The number of nitrogens with zero attached hydrogens (tertiary/aromatic N) is 3. The van der Waals surface area contributed by atoms with Crippen LogP contribution in [0.4, 0.5) is 5.95 Å². The Morgan fingerprint density at radius 1 is 1.06 bits per heavy atom. The van der Waals surface area contributed by atoms with Crippen molar-refractivity contribution in [3.8, 4) is 0 Å². The normalized spacial score (nSPS) is 10.1. The molecule has 0 radical (unpaired) electrons. The summed E-state index contributed by atoms with van der Waals surface area (Å²) in [5.74, 6) is 0.677. The van der Waals surface area contributed by atoms with Crippen LogP contribution in [0.3, 0.4) is 0 Å². The molecule has 2 aromatic heterocycles. The third kappa shape index (κ3) is 2.76. The van der Waals surface area contributed by atoms with Gasteiger partial charge in [0.05, 0.1) is 5.69 Å². The summed E-state index contributed by atoms with van der Waals surface area (Å²) in [6.45, 7) is 2.85. The van der Waals surface area contributed by atoms with Gasteiger partial charge in [0.25, 0.3) is 0 Å². The van der Waals surface area contributed by atoms with E-state index in [4.69, 9.17) is 0 Å². The van der Waals surface area contributed by atoms with Crippen LogP contribution >= 0.6 is 0 Å². The Bertz CT molecular complexity index is 442. The van der Waals surface area contributed by atoms with Gasteiger partial charge < -0.3 is 5.32 Å². The smallest absolute Gasteiger partial charge is 0.222 e. The van der Waals surface area contributed by atoms with E-state index in [-0.39, 0.29) is 0 Å². The molecule has 0 fully saturated rings. The molecule has 0 atom stereocenters. The molecule has 0 aliphatic rings. The fourth-order valence-electron chi connectivity index (χ4n) is 1.43. The van der Waals surface area contributed by atoms with Crippen LogP contribution in [0.25, 0.3) is 0 Å². The van der Waals surface area contributed by atoms with E-state index in [0.29, 0.717) is 5.95 Å². The van der Waals surface area contributed by atoms with Gasteiger partial charge in [0, 0.05) is 31.1 Å². The maximum absolute atomic E-state index is 4.40. The second kappa shape index (κ2) is 5.21. The predicted molar refractivity (Wildman–Crippen MR) is 63.2 cm³/mol. The van der Waals surface area contributed by atoms with Crippen molar-refractivity contribution >= 4 is 5.95 Å². The second-order valence-electron chi connectivity index (χ2n) is 3.40. The number of pyridine rings is 1. The average molecular weight is 214 g/mol. The number of anilines is 1. The molecular weight excluding hydrogens is 200 g/mol. The van der Waals surface area contributed by atoms with Crippen LogP contribution in [-0.4, -0.2) is 21.5 Å². The maximum Gasteiger partial charge on any atom is 0.222 e. The van der Waals surface area contributed by atoms with Crippen molar-refractivity contribution in [2.75, 3.05) is 11.9 Å². The fourth-order valence-corrected chi connectivity index (χ4v) is 1.43. The fraction of sp³-hybridized carbons (Fsp3) is 0.250. The highest BCUT2D eigenvalue weighted by Crippen LogP contribution is 2.05. The van der Waals surface area contributed by atoms with E-state index in [0.717, 1.165) is 24.4 Å². The monoisotopic (exact) mass is 214 g/mol. The third-order valence-corrected chi connectivity index (χ3v) is 2.14. The van der Waals surface area contributed by atoms with E-state index >= 15 is 0 Å². The van der Waals surface area contributed by atoms with Gasteiger partial charge in [-0.1, -0.05) is 6.07 Å². The van der Waals surface area contributed by atoms with Crippen LogP contribution in [0.1, 0.15) is 18.3 Å². The summed E-state index contributed by atoms with van der Waals surface area (Å²) in [4.78, 5) is 12.8. The van der Waals surface area contributed by atoms with E-state index in [1.807, 2.05) is 31.2 Å². The molecule has 0 unspecified atom stereocenters. The summed E-state index contributed by atoms with van der Waals surface area (Å²) in [5.41, 5.74) is 1.99. The van der Waals surface area contributed by atoms with Crippen LogP contribution in [-0.2, 0) is 6.42 Å². The average Bonchev–Trinajstić information content (AvgIpc) is 2.31. The molecule has 0 saturated carbocycles. The maximum atomic E-state index is 4.40. The van der Waals surface area contributed by atoms with Crippen molar-refractivity contribution in [1.29, 1.82) is 0 Å². The van der Waals surface area contributed by atoms with E-state index in [9.17, 15) is 0 Å². The molecule has 16 heavy (non-hydrogen) atoms. The highest BCUT2D eigenvalue weighted by molar-refractivity contribution is 5.26. The van der Waals surface area contributed by atoms with Crippen LogP contribution in [0.2, 0.25) is 0 Å². The summed E-state index contributed by atoms with van der Waals surface area (Å²) in [6, 6.07) is 7.80. The summed E-state index contributed by atoms with van der Waals surface area (Å²) < 4.78 is 0.